The van der Waals surface area contributed by atoms with E-state index < -0.39 is 0 Å². The van der Waals surface area contributed by atoms with Crippen LogP contribution in [0.2, 0.25) is 5.02 Å². The highest BCUT2D eigenvalue weighted by molar-refractivity contribution is 7.99. The number of furan rings is 1. The molecule has 10 heteroatoms. The average molecular weight is 565 g/mol. The summed E-state index contributed by atoms with van der Waals surface area (Å²) in [4.78, 5) is 20.4. The molecule has 1 amide bonds. The van der Waals surface area contributed by atoms with Crippen LogP contribution >= 0.6 is 35.6 Å². The van der Waals surface area contributed by atoms with Crippen LogP contribution in [-0.4, -0.2) is 34.6 Å². The minimum absolute atomic E-state index is 0.143. The third kappa shape index (κ3) is 5.96. The van der Waals surface area contributed by atoms with Gasteiger partial charge in [0.2, 0.25) is 5.91 Å². The summed E-state index contributed by atoms with van der Waals surface area (Å²) in [7, 11) is 1.57. The number of amides is 1. The molecule has 194 valence electrons. The molecule has 38 heavy (non-hydrogen) atoms. The van der Waals surface area contributed by atoms with Gasteiger partial charge in [-0.1, -0.05) is 41.6 Å². The first kappa shape index (κ1) is 26.1. The molecule has 3 heterocycles. The van der Waals surface area contributed by atoms with Crippen LogP contribution in [0.5, 0.6) is 5.75 Å². The fourth-order valence-corrected chi connectivity index (χ4v) is 5.54. The lowest BCUT2D eigenvalue weighted by molar-refractivity contribution is -0.116. The zero-order chi connectivity index (χ0) is 26.5. The van der Waals surface area contributed by atoms with Gasteiger partial charge in [-0.15, -0.1) is 0 Å². The summed E-state index contributed by atoms with van der Waals surface area (Å²) in [6.45, 7) is 0.390. The van der Waals surface area contributed by atoms with Crippen LogP contribution in [0.15, 0.2) is 99.5 Å². The van der Waals surface area contributed by atoms with Crippen LogP contribution in [0, 0.1) is 0 Å². The number of pyridine rings is 1. The van der Waals surface area contributed by atoms with Gasteiger partial charge in [0.05, 0.1) is 24.5 Å². The summed E-state index contributed by atoms with van der Waals surface area (Å²) in [6, 6.07) is 24.1. The van der Waals surface area contributed by atoms with Crippen molar-refractivity contribution in [1.82, 2.24) is 15.2 Å². The number of aromatic nitrogens is 1. The number of hydrogen-bond acceptors (Lipinski definition) is 6. The summed E-state index contributed by atoms with van der Waals surface area (Å²) in [5.41, 5.74) is 1.46. The molecule has 0 saturated carbocycles. The smallest absolute Gasteiger partial charge is 0.226 e. The molecule has 2 N–H and O–H groups in total. The lowest BCUT2D eigenvalue weighted by atomic mass is 10.0. The summed E-state index contributed by atoms with van der Waals surface area (Å²) in [6.07, 6.45) is 1.98. The van der Waals surface area contributed by atoms with Crippen molar-refractivity contribution in [2.75, 3.05) is 19.0 Å². The van der Waals surface area contributed by atoms with Gasteiger partial charge < -0.3 is 24.7 Å². The minimum Gasteiger partial charge on any atom is -0.495 e. The average Bonchev–Trinajstić information content (AvgIpc) is 3.53. The molecule has 7 nitrogen and oxygen atoms in total. The Morgan fingerprint density at radius 3 is 2.68 bits per heavy atom. The van der Waals surface area contributed by atoms with Gasteiger partial charge in [-0.05, 0) is 72.9 Å². The van der Waals surface area contributed by atoms with Crippen molar-refractivity contribution < 1.29 is 13.9 Å². The first-order valence-corrected chi connectivity index (χ1v) is 13.6. The standard InChI is InChI=1S/C28H25ClN4O3S2/c1-35-22-8-3-2-6-20(22)31-24(34)15-17-33-27(26(32-28(33)37)21-7-4-5-16-30-21)23-13-14-25(36-23)38-19-11-9-18(29)10-12-19/h2-14,16,26-27H,15,17H2,1H3,(H,31,34)(H,32,37)/t26-,27-/m1/s1. The SMILES string of the molecule is COc1ccccc1NC(=O)CCN1C(=S)N[C@H](c2ccccn2)[C@H]1c1ccc(Sc2ccc(Cl)cc2)o1. The van der Waals surface area contributed by atoms with Gasteiger partial charge in [-0.25, -0.2) is 0 Å². The van der Waals surface area contributed by atoms with E-state index in [2.05, 4.69) is 15.6 Å². The maximum absolute atomic E-state index is 12.9. The van der Waals surface area contributed by atoms with E-state index in [1.165, 1.54) is 11.8 Å². The monoisotopic (exact) mass is 564 g/mol. The molecule has 1 saturated heterocycles. The summed E-state index contributed by atoms with van der Waals surface area (Å²) in [5, 5.41) is 8.29. The van der Waals surface area contributed by atoms with Crippen LogP contribution in [0.1, 0.15) is 30.0 Å². The van der Waals surface area contributed by atoms with Gasteiger partial charge in [0.25, 0.3) is 0 Å². The van der Waals surface area contributed by atoms with Crippen LogP contribution in [0.4, 0.5) is 5.69 Å². The summed E-state index contributed by atoms with van der Waals surface area (Å²) in [5.74, 6) is 1.19. The normalized spacial score (nSPS) is 16.8. The molecular formula is C28H25ClN4O3S2. The van der Waals surface area contributed by atoms with Crippen molar-refractivity contribution >= 4 is 52.3 Å². The molecule has 0 radical (unpaired) electrons. The van der Waals surface area contributed by atoms with Gasteiger partial charge in [0.1, 0.15) is 17.6 Å². The first-order valence-electron chi connectivity index (χ1n) is 12.0. The number of anilines is 1. The van der Waals surface area contributed by atoms with E-state index in [0.717, 1.165) is 21.4 Å². The lowest BCUT2D eigenvalue weighted by Gasteiger charge is -2.25. The molecule has 1 aliphatic rings. The maximum Gasteiger partial charge on any atom is 0.226 e. The minimum atomic E-state index is -0.281. The number of para-hydroxylation sites is 2. The van der Waals surface area contributed by atoms with Crippen molar-refractivity contribution in [2.24, 2.45) is 0 Å². The van der Waals surface area contributed by atoms with Crippen molar-refractivity contribution in [2.45, 2.75) is 28.5 Å². The van der Waals surface area contributed by atoms with Gasteiger partial charge in [0.15, 0.2) is 10.2 Å². The van der Waals surface area contributed by atoms with Gasteiger partial charge in [0, 0.05) is 29.1 Å². The van der Waals surface area contributed by atoms with E-state index in [-0.39, 0.29) is 24.4 Å². The van der Waals surface area contributed by atoms with Crippen molar-refractivity contribution in [1.29, 1.82) is 0 Å². The molecule has 5 rings (SSSR count). The first-order chi connectivity index (χ1) is 18.5. The number of nitrogens with one attached hydrogen (secondary N) is 2. The number of carbonyl (C=O) groups is 1. The van der Waals surface area contributed by atoms with Gasteiger partial charge in [-0.3, -0.25) is 9.78 Å². The Bertz CT molecular complexity index is 1420. The van der Waals surface area contributed by atoms with Crippen molar-refractivity contribution in [3.8, 4) is 5.75 Å². The Morgan fingerprint density at radius 2 is 1.92 bits per heavy atom. The number of halogens is 1. The number of ether oxygens (including phenoxy) is 1. The number of nitrogens with zero attached hydrogens (tertiary/aromatic N) is 2. The number of rotatable bonds is 9. The second-order valence-electron chi connectivity index (χ2n) is 8.53. The molecule has 2 aromatic carbocycles. The maximum atomic E-state index is 12.9. The Balaban J connectivity index is 1.36. The van der Waals surface area contributed by atoms with E-state index in [9.17, 15) is 4.79 Å². The molecule has 2 atom stereocenters. The molecule has 0 bridgehead atoms. The molecule has 4 aromatic rings. The van der Waals surface area contributed by atoms with E-state index in [1.807, 2.05) is 71.6 Å². The largest absolute Gasteiger partial charge is 0.495 e. The number of hydrogen-bond donors (Lipinski definition) is 2. The molecule has 0 spiro atoms. The summed E-state index contributed by atoms with van der Waals surface area (Å²) < 4.78 is 11.7. The van der Waals surface area contributed by atoms with E-state index in [0.29, 0.717) is 28.1 Å². The third-order valence-corrected chi connectivity index (χ3v) is 7.62. The lowest BCUT2D eigenvalue weighted by Crippen LogP contribution is -2.32. The van der Waals surface area contributed by atoms with E-state index in [4.69, 9.17) is 33.0 Å². The number of methoxy groups -OCH3 is 1. The Kier molecular flexibility index (Phi) is 8.17. The number of benzene rings is 2. The molecule has 2 aromatic heterocycles. The molecular weight excluding hydrogens is 540 g/mol. The summed E-state index contributed by atoms with van der Waals surface area (Å²) >= 11 is 13.2. The van der Waals surface area contributed by atoms with E-state index >= 15 is 0 Å². The molecule has 0 unspecified atom stereocenters. The highest BCUT2D eigenvalue weighted by Crippen LogP contribution is 2.41. The van der Waals surface area contributed by atoms with Crippen LogP contribution in [0.25, 0.3) is 0 Å². The van der Waals surface area contributed by atoms with Crippen molar-refractivity contribution in [3.05, 3.63) is 102 Å². The quantitative estimate of drug-likeness (QED) is 0.223. The topological polar surface area (TPSA) is 79.6 Å². The number of carbonyl (C=O) groups excluding carboxylic acids is 1. The van der Waals surface area contributed by atoms with Crippen molar-refractivity contribution in [3.63, 3.8) is 0 Å². The zero-order valence-corrected chi connectivity index (χ0v) is 22.9. The number of thiocarbonyl (C=S) groups is 1. The predicted molar refractivity (Wildman–Crippen MR) is 153 cm³/mol. The van der Waals surface area contributed by atoms with Crippen LogP contribution in [0.3, 0.4) is 0 Å². The van der Waals surface area contributed by atoms with Crippen LogP contribution < -0.4 is 15.4 Å². The van der Waals surface area contributed by atoms with Gasteiger partial charge in [-0.2, -0.15) is 0 Å². The Morgan fingerprint density at radius 1 is 1.13 bits per heavy atom. The van der Waals surface area contributed by atoms with E-state index in [1.54, 1.807) is 25.4 Å². The van der Waals surface area contributed by atoms with Crippen LogP contribution in [-0.2, 0) is 4.79 Å². The Labute approximate surface area is 235 Å². The fraction of sp³-hybridized carbons (Fsp3) is 0.179. The predicted octanol–water partition coefficient (Wildman–Crippen LogP) is 6.49. The second-order valence-corrected chi connectivity index (χ2v) is 10.4. The highest BCUT2D eigenvalue weighted by atomic mass is 35.5. The molecule has 1 fully saturated rings. The second kappa shape index (κ2) is 11.9. The van der Waals surface area contributed by atoms with Gasteiger partial charge >= 0.3 is 0 Å². The molecule has 1 aliphatic heterocycles. The third-order valence-electron chi connectivity index (χ3n) is 6.08. The zero-order valence-electron chi connectivity index (χ0n) is 20.5. The highest BCUT2D eigenvalue weighted by Gasteiger charge is 2.41. The Hall–Kier alpha value is -3.53. The fourth-order valence-electron chi connectivity index (χ4n) is 4.30. The molecule has 0 aliphatic carbocycles.